The van der Waals surface area contributed by atoms with Crippen LogP contribution in [0.2, 0.25) is 0 Å². The second-order valence-corrected chi connectivity index (χ2v) is 15.7. The highest BCUT2D eigenvalue weighted by Crippen LogP contribution is 2.18. The average Bonchev–Trinajstić information content (AvgIpc) is 2.98. The van der Waals surface area contributed by atoms with E-state index in [0.29, 0.717) is 16.2 Å². The normalized spacial score (nSPS) is 13.5. The Bertz CT molecular complexity index is 1760. The van der Waals surface area contributed by atoms with Crippen LogP contribution >= 0.6 is 0 Å². The van der Waals surface area contributed by atoms with Crippen molar-refractivity contribution in [1.29, 1.82) is 0 Å². The summed E-state index contributed by atoms with van der Waals surface area (Å²) < 4.78 is 49.2. The van der Waals surface area contributed by atoms with Gasteiger partial charge in [-0.3, -0.25) is 20.0 Å². The molecule has 1 amide bonds. The first-order valence-corrected chi connectivity index (χ1v) is 17.8. The summed E-state index contributed by atoms with van der Waals surface area (Å²) in [6.45, 7) is 7.23. The Morgan fingerprint density at radius 3 is 1.64 bits per heavy atom. The molecule has 2 aromatic carbocycles. The summed E-state index contributed by atoms with van der Waals surface area (Å²) >= 11 is 0. The maximum atomic E-state index is 12.4. The molecule has 13 heteroatoms. The Labute approximate surface area is 258 Å². The molecule has 1 unspecified atom stereocenters. The third-order valence-corrected chi connectivity index (χ3v) is 10.4. The van der Waals surface area contributed by atoms with Crippen molar-refractivity contribution >= 4 is 47.9 Å². The number of benzene rings is 2. The molecule has 2 aromatic heterocycles. The van der Waals surface area contributed by atoms with Gasteiger partial charge in [0.25, 0.3) is 0 Å². The van der Waals surface area contributed by atoms with Crippen LogP contribution in [-0.2, 0) is 36.0 Å². The maximum absolute atomic E-state index is 12.4. The molecule has 4 rings (SSSR count). The summed E-state index contributed by atoms with van der Waals surface area (Å²) in [7, 11) is -6.83. The van der Waals surface area contributed by atoms with Gasteiger partial charge in [-0.1, -0.05) is 64.1 Å². The van der Waals surface area contributed by atoms with Gasteiger partial charge in [-0.05, 0) is 47.2 Å². The Morgan fingerprint density at radius 2 is 1.23 bits per heavy atom. The highest BCUT2D eigenvalue weighted by molar-refractivity contribution is 7.90. The highest BCUT2D eigenvalue weighted by atomic mass is 32.2. The van der Waals surface area contributed by atoms with Crippen LogP contribution in [-0.4, -0.2) is 72.3 Å². The van der Waals surface area contributed by atoms with Gasteiger partial charge in [0.2, 0.25) is 6.41 Å². The fourth-order valence-corrected chi connectivity index (χ4v) is 8.21. The summed E-state index contributed by atoms with van der Waals surface area (Å²) in [5.74, 6) is -0.814. The smallest absolute Gasteiger partial charge is 0.233 e. The van der Waals surface area contributed by atoms with E-state index in [9.17, 15) is 26.8 Å². The number of hydrogen-bond donors (Lipinski definition) is 3. The molecule has 0 aliphatic heterocycles. The molecule has 11 nitrogen and oxygen atoms in total. The number of amides is 1. The molecule has 0 saturated carbocycles. The van der Waals surface area contributed by atoms with Gasteiger partial charge in [0.05, 0.1) is 40.1 Å². The van der Waals surface area contributed by atoms with E-state index in [1.54, 1.807) is 32.3 Å². The lowest BCUT2D eigenvalue weighted by atomic mass is 10.1. The SMILES string of the molecule is CC(C)C(CS(=O)(=O)Cc1cnc2ccccc2c1)NO.CC(C)[C@@H](CS(=O)(=O)Cc1cnc2ccccc2c1)N(O)C=O. The van der Waals surface area contributed by atoms with E-state index in [0.717, 1.165) is 21.8 Å². The van der Waals surface area contributed by atoms with Gasteiger partial charge in [-0.25, -0.2) is 27.4 Å². The van der Waals surface area contributed by atoms with Crippen molar-refractivity contribution < 1.29 is 32.0 Å². The molecule has 0 saturated heterocycles. The Kier molecular flexibility index (Phi) is 12.3. The van der Waals surface area contributed by atoms with Crippen molar-refractivity contribution in [2.45, 2.75) is 51.3 Å². The number of pyridine rings is 2. The van der Waals surface area contributed by atoms with Crippen LogP contribution in [0.1, 0.15) is 38.8 Å². The number of nitrogens with one attached hydrogen (secondary N) is 1. The molecular weight excluding hydrogens is 604 g/mol. The zero-order valence-corrected chi connectivity index (χ0v) is 26.9. The van der Waals surface area contributed by atoms with Crippen LogP contribution < -0.4 is 5.48 Å². The lowest BCUT2D eigenvalue weighted by molar-refractivity contribution is -0.161. The predicted molar refractivity (Wildman–Crippen MR) is 170 cm³/mol. The predicted octanol–water partition coefficient (Wildman–Crippen LogP) is 4.17. The largest absolute Gasteiger partial charge is 0.317 e. The van der Waals surface area contributed by atoms with Crippen LogP contribution in [0, 0.1) is 11.8 Å². The van der Waals surface area contributed by atoms with E-state index in [4.69, 9.17) is 5.21 Å². The topological polar surface area (TPSA) is 167 Å². The van der Waals surface area contributed by atoms with E-state index in [2.05, 4.69) is 15.4 Å². The molecule has 0 spiro atoms. The number of carbonyl (C=O) groups excluding carboxylic acids is 1. The second kappa shape index (κ2) is 15.5. The Hall–Kier alpha value is -3.49. The van der Waals surface area contributed by atoms with Gasteiger partial charge < -0.3 is 5.21 Å². The number of hydroxylamine groups is 3. The average molecular weight is 645 g/mol. The van der Waals surface area contributed by atoms with Crippen molar-refractivity contribution in [3.8, 4) is 0 Å². The van der Waals surface area contributed by atoms with E-state index < -0.39 is 31.8 Å². The van der Waals surface area contributed by atoms with Crippen molar-refractivity contribution in [3.63, 3.8) is 0 Å². The summed E-state index contributed by atoms with van der Waals surface area (Å²) in [6, 6.07) is 17.4. The van der Waals surface area contributed by atoms with Crippen LogP contribution in [0.25, 0.3) is 21.8 Å². The van der Waals surface area contributed by atoms with Crippen LogP contribution in [0.15, 0.2) is 73.1 Å². The minimum Gasteiger partial charge on any atom is -0.317 e. The summed E-state index contributed by atoms with van der Waals surface area (Å²) in [5.41, 5.74) is 4.97. The van der Waals surface area contributed by atoms with Crippen molar-refractivity contribution in [1.82, 2.24) is 20.5 Å². The lowest BCUT2D eigenvalue weighted by Crippen LogP contribution is -2.41. The number of para-hydroxylation sites is 2. The number of hydrogen-bond acceptors (Lipinski definition) is 10. The minimum absolute atomic E-state index is 0.0273. The van der Waals surface area contributed by atoms with Crippen molar-refractivity contribution in [3.05, 3.63) is 84.2 Å². The fourth-order valence-electron chi connectivity index (χ4n) is 4.58. The first-order valence-electron chi connectivity index (χ1n) is 14.1. The van der Waals surface area contributed by atoms with E-state index >= 15 is 0 Å². The van der Waals surface area contributed by atoms with Crippen LogP contribution in [0.5, 0.6) is 0 Å². The van der Waals surface area contributed by atoms with Crippen molar-refractivity contribution in [2.24, 2.45) is 11.8 Å². The summed E-state index contributed by atoms with van der Waals surface area (Å²) in [6.07, 6.45) is 3.37. The zero-order chi connectivity index (χ0) is 32.5. The van der Waals surface area contributed by atoms with Gasteiger partial charge in [0.15, 0.2) is 19.7 Å². The molecule has 2 heterocycles. The molecule has 238 valence electrons. The second-order valence-electron chi connectivity index (χ2n) is 11.5. The molecule has 0 fully saturated rings. The molecule has 0 bridgehead atoms. The van der Waals surface area contributed by atoms with Gasteiger partial charge in [0, 0.05) is 29.2 Å². The fraction of sp³-hybridized carbons (Fsp3) is 0.387. The van der Waals surface area contributed by atoms with E-state index in [-0.39, 0.29) is 41.3 Å². The van der Waals surface area contributed by atoms with Gasteiger partial charge in [-0.15, -0.1) is 0 Å². The first kappa shape index (κ1) is 35.0. The number of fused-ring (bicyclic) bond motifs is 2. The van der Waals surface area contributed by atoms with E-state index in [1.807, 2.05) is 68.4 Å². The molecule has 3 N–H and O–H groups in total. The summed E-state index contributed by atoms with van der Waals surface area (Å²) in [5, 5.41) is 20.8. The third kappa shape index (κ3) is 10.3. The van der Waals surface area contributed by atoms with E-state index in [1.165, 1.54) is 0 Å². The molecule has 0 radical (unpaired) electrons. The molecule has 2 atom stereocenters. The quantitative estimate of drug-likeness (QED) is 0.109. The minimum atomic E-state index is -3.50. The summed E-state index contributed by atoms with van der Waals surface area (Å²) in [4.78, 5) is 19.2. The highest BCUT2D eigenvalue weighted by Gasteiger charge is 2.27. The molecule has 44 heavy (non-hydrogen) atoms. The number of nitrogens with zero attached hydrogens (tertiary/aromatic N) is 3. The van der Waals surface area contributed by atoms with Crippen LogP contribution in [0.3, 0.4) is 0 Å². The van der Waals surface area contributed by atoms with Crippen LogP contribution in [0.4, 0.5) is 0 Å². The first-order chi connectivity index (χ1) is 20.7. The maximum Gasteiger partial charge on any atom is 0.233 e. The Balaban J connectivity index is 0.000000241. The number of sulfone groups is 2. The molecule has 0 aliphatic carbocycles. The standard InChI is InChI=1S/C16H20N2O4S.C15H20N2O3S/c1-12(2)16(18(20)11-19)10-23(21,22)9-13-7-14-5-3-4-6-15(14)17-8-13;1-11(2)15(17-18)10-21(19,20)9-12-7-13-5-3-4-6-14(13)16-8-12/h3-8,11-12,16,20H,9-10H2,1-2H3;3-8,11,15,17-18H,9-10H2,1-2H3/t16-;/m1./s1. The number of aromatic nitrogens is 2. The number of rotatable bonds is 13. The van der Waals surface area contributed by atoms with Crippen molar-refractivity contribution in [2.75, 3.05) is 11.5 Å². The molecule has 4 aromatic rings. The van der Waals surface area contributed by atoms with Gasteiger partial charge in [0.1, 0.15) is 0 Å². The Morgan fingerprint density at radius 1 is 0.773 bits per heavy atom. The van der Waals surface area contributed by atoms with Gasteiger partial charge >= 0.3 is 0 Å². The van der Waals surface area contributed by atoms with Gasteiger partial charge in [-0.2, -0.15) is 0 Å². The zero-order valence-electron chi connectivity index (χ0n) is 25.2. The third-order valence-electron chi connectivity index (χ3n) is 7.11. The molecule has 0 aliphatic rings. The number of carbonyl (C=O) groups is 1. The lowest BCUT2D eigenvalue weighted by Gasteiger charge is -2.25. The molecular formula is C31H40N4O7S2. The monoisotopic (exact) mass is 644 g/mol.